The zero-order valence-electron chi connectivity index (χ0n) is 34.4. The maximum Gasteiger partial charge on any atom is 0.524 e. The van der Waals surface area contributed by atoms with Gasteiger partial charge in [-0.2, -0.15) is 0 Å². The second kappa shape index (κ2) is 22.8. The molecule has 20 heteroatoms. The van der Waals surface area contributed by atoms with Crippen LogP contribution in [0.1, 0.15) is 35.1 Å². The van der Waals surface area contributed by atoms with Gasteiger partial charge in [0, 0.05) is 32.2 Å². The third-order valence-electron chi connectivity index (χ3n) is 10.2. The van der Waals surface area contributed by atoms with Crippen LogP contribution >= 0.6 is 7.82 Å². The molecule has 5 atom stereocenters. The topological polar surface area (TPSA) is 290 Å². The highest BCUT2D eigenvalue weighted by molar-refractivity contribution is 7.46. The Hall–Kier alpha value is -7.08. The lowest BCUT2D eigenvalue weighted by Crippen LogP contribution is -2.58. The van der Waals surface area contributed by atoms with Gasteiger partial charge >= 0.3 is 25.8 Å². The molecule has 0 spiro atoms. The van der Waals surface area contributed by atoms with Crippen LogP contribution in [0, 0.1) is 0 Å². The van der Waals surface area contributed by atoms with E-state index < -0.39 is 86.2 Å². The Balaban J connectivity index is 1.31. The predicted octanol–water partition coefficient (Wildman–Crippen LogP) is 1.71. The van der Waals surface area contributed by atoms with Crippen LogP contribution in [0.5, 0.6) is 5.75 Å². The van der Waals surface area contributed by atoms with Crippen LogP contribution in [0.3, 0.4) is 0 Å². The number of nitrogens with zero attached hydrogens (tertiary/aromatic N) is 1. The first-order chi connectivity index (χ1) is 30.5. The standard InChI is InChI=1S/C44H49N6O13P/c51-38(46-34(23-28-11-4-1-5-12-28)40(53)47-35(25-29-13-6-2-7-14-29)41(54)50-22-10-17-37(50)43(57)58)27-45-39(52)33(24-31-18-20-32(21-19-31)63-64(60,61)62)48-44(59)49-36(42(55)56)26-30-15-8-3-9-16-30/h1-9,11-16,18-21,33-37H,10,17,22-27H2,(H,45,52)(H,46,51)(H,47,53)(H,55,56)(H,57,58)(H2,48,49,59)(H2,60,61,62)/t33-,34-,35-,36-,37-/m0/s1. The normalized spacial score (nSPS) is 15.3. The number of carboxylic acid groups (broad SMARTS) is 2. The molecule has 0 radical (unpaired) electrons. The van der Waals surface area contributed by atoms with Crippen LogP contribution < -0.4 is 31.1 Å². The number of amides is 6. The van der Waals surface area contributed by atoms with Crippen molar-refractivity contribution in [2.24, 2.45) is 0 Å². The second-order valence-electron chi connectivity index (χ2n) is 15.0. The van der Waals surface area contributed by atoms with Crippen molar-refractivity contribution in [2.75, 3.05) is 13.1 Å². The van der Waals surface area contributed by atoms with Crippen molar-refractivity contribution in [3.8, 4) is 5.75 Å². The van der Waals surface area contributed by atoms with Gasteiger partial charge in [-0.1, -0.05) is 103 Å². The number of nitrogens with one attached hydrogen (secondary N) is 5. The van der Waals surface area contributed by atoms with Crippen LogP contribution in [0.2, 0.25) is 0 Å². The van der Waals surface area contributed by atoms with E-state index in [0.717, 1.165) is 0 Å². The molecule has 0 unspecified atom stereocenters. The minimum Gasteiger partial charge on any atom is -0.480 e. The Kier molecular flexibility index (Phi) is 17.1. The number of likely N-dealkylation sites (tertiary alicyclic amines) is 1. The van der Waals surface area contributed by atoms with Gasteiger partial charge in [-0.25, -0.2) is 18.9 Å². The number of carbonyl (C=O) groups excluding carboxylic acids is 5. The molecule has 64 heavy (non-hydrogen) atoms. The van der Waals surface area contributed by atoms with E-state index in [1.807, 2.05) is 0 Å². The number of hydrogen-bond donors (Lipinski definition) is 9. The molecule has 4 aromatic carbocycles. The summed E-state index contributed by atoms with van der Waals surface area (Å²) in [5.41, 5.74) is 2.31. The SMILES string of the molecule is O=C(CNC(=O)[C@H](Cc1ccc(OP(=O)(O)O)cc1)NC(=O)N[C@@H](Cc1ccccc1)C(=O)O)N[C@@H](Cc1ccccc1)C(=O)N[C@@H](Cc1ccccc1)C(=O)N1CCC[C@H]1C(=O)O. The summed E-state index contributed by atoms with van der Waals surface area (Å²) in [4.78, 5) is 112. The van der Waals surface area contributed by atoms with Gasteiger partial charge in [0.1, 0.15) is 36.0 Å². The summed E-state index contributed by atoms with van der Waals surface area (Å²) >= 11 is 0. The molecule has 5 rings (SSSR count). The molecule has 1 saturated heterocycles. The molecule has 338 valence electrons. The summed E-state index contributed by atoms with van der Waals surface area (Å²) in [6.07, 6.45) is 0.373. The molecule has 1 aliphatic rings. The van der Waals surface area contributed by atoms with E-state index in [1.54, 1.807) is 91.0 Å². The number of carboxylic acids is 2. The molecule has 9 N–H and O–H groups in total. The maximum absolute atomic E-state index is 14.1. The van der Waals surface area contributed by atoms with E-state index in [-0.39, 0.29) is 44.4 Å². The summed E-state index contributed by atoms with van der Waals surface area (Å²) in [5, 5.41) is 32.2. The van der Waals surface area contributed by atoms with Gasteiger partial charge < -0.3 is 46.2 Å². The van der Waals surface area contributed by atoms with Crippen LogP contribution in [-0.4, -0.2) is 110 Å². The van der Waals surface area contributed by atoms with Crippen LogP contribution in [0.4, 0.5) is 4.79 Å². The average molecular weight is 901 g/mol. The Morgan fingerprint density at radius 2 is 1.08 bits per heavy atom. The van der Waals surface area contributed by atoms with Crippen molar-refractivity contribution in [1.29, 1.82) is 0 Å². The third kappa shape index (κ3) is 15.1. The monoisotopic (exact) mass is 900 g/mol. The lowest BCUT2D eigenvalue weighted by molar-refractivity contribution is -0.149. The molecule has 0 saturated carbocycles. The van der Waals surface area contributed by atoms with Gasteiger partial charge in [-0.3, -0.25) is 29.0 Å². The zero-order chi connectivity index (χ0) is 46.2. The van der Waals surface area contributed by atoms with E-state index in [4.69, 9.17) is 9.79 Å². The molecular formula is C44H49N6O13P. The van der Waals surface area contributed by atoms with Gasteiger partial charge in [0.05, 0.1) is 6.54 Å². The zero-order valence-corrected chi connectivity index (χ0v) is 35.3. The van der Waals surface area contributed by atoms with Crippen LogP contribution in [0.15, 0.2) is 115 Å². The summed E-state index contributed by atoms with van der Waals surface area (Å²) in [7, 11) is -4.88. The number of carbonyl (C=O) groups is 7. The fourth-order valence-electron chi connectivity index (χ4n) is 7.08. The third-order valence-corrected chi connectivity index (χ3v) is 10.6. The lowest BCUT2D eigenvalue weighted by atomic mass is 10.0. The van der Waals surface area contributed by atoms with Gasteiger partial charge in [0.2, 0.25) is 23.6 Å². The fourth-order valence-corrected chi connectivity index (χ4v) is 7.48. The quantitative estimate of drug-likeness (QED) is 0.0539. The van der Waals surface area contributed by atoms with Gasteiger partial charge in [-0.05, 0) is 47.2 Å². The largest absolute Gasteiger partial charge is 0.524 e. The first-order valence-corrected chi connectivity index (χ1v) is 21.7. The Morgan fingerprint density at radius 1 is 0.609 bits per heavy atom. The van der Waals surface area contributed by atoms with Crippen molar-refractivity contribution >= 4 is 49.4 Å². The number of urea groups is 1. The van der Waals surface area contributed by atoms with E-state index in [0.29, 0.717) is 28.7 Å². The molecular weight excluding hydrogens is 851 g/mol. The summed E-state index contributed by atoms with van der Waals surface area (Å²) < 4.78 is 15.9. The summed E-state index contributed by atoms with van der Waals surface area (Å²) in [6, 6.07) is 23.8. The Bertz CT molecular complexity index is 2300. The molecule has 0 aromatic heterocycles. The second-order valence-corrected chi connectivity index (χ2v) is 16.2. The van der Waals surface area contributed by atoms with Crippen LogP contribution in [0.25, 0.3) is 0 Å². The smallest absolute Gasteiger partial charge is 0.480 e. The summed E-state index contributed by atoms with van der Waals surface area (Å²) in [5.74, 6) is -5.78. The first kappa shape index (κ1) is 48.0. The van der Waals surface area contributed by atoms with E-state index in [9.17, 15) is 48.3 Å². The molecule has 19 nitrogen and oxygen atoms in total. The molecule has 1 aliphatic heterocycles. The van der Waals surface area contributed by atoms with E-state index >= 15 is 0 Å². The van der Waals surface area contributed by atoms with Crippen molar-refractivity contribution in [1.82, 2.24) is 31.5 Å². The maximum atomic E-state index is 14.1. The fraction of sp³-hybridized carbons (Fsp3) is 0.295. The minimum atomic E-state index is -4.88. The number of benzene rings is 4. The highest BCUT2D eigenvalue weighted by Crippen LogP contribution is 2.37. The van der Waals surface area contributed by atoms with Crippen molar-refractivity contribution in [3.63, 3.8) is 0 Å². The van der Waals surface area contributed by atoms with Gasteiger partial charge in [0.25, 0.3) is 0 Å². The minimum absolute atomic E-state index is 0.0250. The van der Waals surface area contributed by atoms with Gasteiger partial charge in [0.15, 0.2) is 0 Å². The lowest BCUT2D eigenvalue weighted by Gasteiger charge is -2.29. The van der Waals surface area contributed by atoms with E-state index in [2.05, 4.69) is 31.1 Å². The van der Waals surface area contributed by atoms with Crippen molar-refractivity contribution in [2.45, 2.75) is 68.7 Å². The average Bonchev–Trinajstić information content (AvgIpc) is 3.76. The highest BCUT2D eigenvalue weighted by atomic mass is 31.2. The number of phosphoric ester groups is 1. The number of hydrogen-bond acceptors (Lipinski definition) is 9. The Labute approximate surface area is 367 Å². The van der Waals surface area contributed by atoms with Crippen molar-refractivity contribution in [3.05, 3.63) is 138 Å². The first-order valence-electron chi connectivity index (χ1n) is 20.2. The molecule has 1 heterocycles. The number of aliphatic carboxylic acids is 2. The van der Waals surface area contributed by atoms with Crippen LogP contribution in [-0.2, 0) is 59.0 Å². The molecule has 0 bridgehead atoms. The predicted molar refractivity (Wildman–Crippen MR) is 229 cm³/mol. The summed E-state index contributed by atoms with van der Waals surface area (Å²) in [6.45, 7) is -0.527. The molecule has 4 aromatic rings. The Morgan fingerprint density at radius 3 is 1.58 bits per heavy atom. The number of rotatable bonds is 21. The highest BCUT2D eigenvalue weighted by Gasteiger charge is 2.38. The van der Waals surface area contributed by atoms with Crippen molar-refractivity contribution < 1.29 is 62.7 Å². The number of phosphoric acid groups is 1. The van der Waals surface area contributed by atoms with E-state index in [1.165, 1.54) is 29.2 Å². The molecule has 0 aliphatic carbocycles. The van der Waals surface area contributed by atoms with Gasteiger partial charge in [-0.15, -0.1) is 0 Å². The molecule has 6 amide bonds. The molecule has 1 fully saturated rings.